The van der Waals surface area contributed by atoms with E-state index in [-0.39, 0.29) is 6.61 Å². The number of hydrogen-bond acceptors (Lipinski definition) is 3. The monoisotopic (exact) mass is 173 g/mol. The maximum Gasteiger partial charge on any atom is 0.0555 e. The quantitative estimate of drug-likeness (QED) is 0.591. The summed E-state index contributed by atoms with van der Waals surface area (Å²) in [6, 6.07) is 0. The first-order valence-corrected chi connectivity index (χ1v) is 4.83. The molecular weight excluding hydrogens is 154 g/mol. The molecule has 3 heteroatoms. The maximum atomic E-state index is 8.52. The van der Waals surface area contributed by atoms with Gasteiger partial charge in [-0.3, -0.25) is 0 Å². The van der Waals surface area contributed by atoms with Crippen LogP contribution in [-0.4, -0.2) is 38.0 Å². The average molecular weight is 173 g/mol. The van der Waals surface area contributed by atoms with Gasteiger partial charge in [0.25, 0.3) is 0 Å². The normalized spacial score (nSPS) is 19.8. The fourth-order valence-electron chi connectivity index (χ4n) is 1.55. The van der Waals surface area contributed by atoms with Crippen molar-refractivity contribution in [2.24, 2.45) is 5.92 Å². The van der Waals surface area contributed by atoms with Crippen LogP contribution in [0.1, 0.15) is 19.3 Å². The number of aliphatic hydroxyl groups excluding tert-OH is 1. The summed E-state index contributed by atoms with van der Waals surface area (Å²) in [5.74, 6) is 0.838. The Balaban J connectivity index is 1.91. The average Bonchev–Trinajstić information content (AvgIpc) is 2.14. The second-order valence-electron chi connectivity index (χ2n) is 3.32. The molecule has 1 saturated heterocycles. The van der Waals surface area contributed by atoms with Crippen molar-refractivity contribution in [1.82, 2.24) is 5.32 Å². The van der Waals surface area contributed by atoms with Crippen LogP contribution in [0.25, 0.3) is 0 Å². The summed E-state index contributed by atoms with van der Waals surface area (Å²) in [7, 11) is 0. The molecule has 2 N–H and O–H groups in total. The molecule has 0 aromatic heterocycles. The first kappa shape index (κ1) is 9.96. The highest BCUT2D eigenvalue weighted by Crippen LogP contribution is 2.17. The minimum absolute atomic E-state index is 0.244. The van der Waals surface area contributed by atoms with Crippen LogP contribution in [0.3, 0.4) is 0 Å². The molecule has 0 aromatic rings. The molecule has 0 saturated carbocycles. The number of hydrogen-bond donors (Lipinski definition) is 2. The molecule has 0 aromatic carbocycles. The number of rotatable bonds is 5. The first-order chi connectivity index (χ1) is 5.93. The summed E-state index contributed by atoms with van der Waals surface area (Å²) < 4.78 is 5.27. The van der Waals surface area contributed by atoms with E-state index in [9.17, 15) is 0 Å². The van der Waals surface area contributed by atoms with Crippen molar-refractivity contribution in [2.45, 2.75) is 19.3 Å². The minimum Gasteiger partial charge on any atom is -0.395 e. The van der Waals surface area contributed by atoms with Gasteiger partial charge in [0.15, 0.2) is 0 Å². The van der Waals surface area contributed by atoms with Gasteiger partial charge in [0.05, 0.1) is 6.61 Å². The Hall–Kier alpha value is -0.120. The topological polar surface area (TPSA) is 41.5 Å². The van der Waals surface area contributed by atoms with Crippen LogP contribution in [0.2, 0.25) is 0 Å². The third-order valence-electron chi connectivity index (χ3n) is 2.36. The Labute approximate surface area is 74.1 Å². The number of aliphatic hydroxyl groups is 1. The lowest BCUT2D eigenvalue weighted by Gasteiger charge is -2.21. The molecule has 0 unspecified atom stereocenters. The summed E-state index contributed by atoms with van der Waals surface area (Å²) in [5, 5.41) is 11.7. The molecule has 1 aliphatic heterocycles. The molecule has 3 nitrogen and oxygen atoms in total. The molecule has 0 aliphatic carbocycles. The molecule has 0 radical (unpaired) electrons. The van der Waals surface area contributed by atoms with E-state index >= 15 is 0 Å². The molecule has 1 heterocycles. The Morgan fingerprint density at radius 3 is 2.67 bits per heavy atom. The largest absolute Gasteiger partial charge is 0.395 e. The van der Waals surface area contributed by atoms with Crippen LogP contribution in [-0.2, 0) is 4.74 Å². The lowest BCUT2D eigenvalue weighted by molar-refractivity contribution is 0.0639. The van der Waals surface area contributed by atoms with E-state index in [4.69, 9.17) is 9.84 Å². The van der Waals surface area contributed by atoms with Crippen LogP contribution in [0.15, 0.2) is 0 Å². The number of ether oxygens (including phenoxy) is 1. The molecule has 1 fully saturated rings. The van der Waals surface area contributed by atoms with E-state index in [0.717, 1.165) is 32.2 Å². The van der Waals surface area contributed by atoms with Crippen molar-refractivity contribution in [3.8, 4) is 0 Å². The zero-order valence-electron chi connectivity index (χ0n) is 7.59. The predicted octanol–water partition coefficient (Wildman–Crippen LogP) is 0.385. The van der Waals surface area contributed by atoms with Gasteiger partial charge in [-0.05, 0) is 31.7 Å². The van der Waals surface area contributed by atoms with Crippen LogP contribution < -0.4 is 5.32 Å². The second kappa shape index (κ2) is 6.40. The zero-order chi connectivity index (χ0) is 8.65. The van der Waals surface area contributed by atoms with Crippen LogP contribution in [0, 0.1) is 5.92 Å². The smallest absolute Gasteiger partial charge is 0.0555 e. The fourth-order valence-corrected chi connectivity index (χ4v) is 1.55. The van der Waals surface area contributed by atoms with Gasteiger partial charge < -0.3 is 15.2 Å². The Kier molecular flexibility index (Phi) is 5.32. The summed E-state index contributed by atoms with van der Waals surface area (Å²) in [6.07, 6.45) is 3.64. The third kappa shape index (κ3) is 4.04. The number of nitrogens with one attached hydrogen (secondary N) is 1. The highest BCUT2D eigenvalue weighted by atomic mass is 16.5. The fraction of sp³-hybridized carbons (Fsp3) is 1.00. The molecule has 72 valence electrons. The lowest BCUT2D eigenvalue weighted by Crippen LogP contribution is -2.24. The highest BCUT2D eigenvalue weighted by Gasteiger charge is 2.12. The Morgan fingerprint density at radius 2 is 2.00 bits per heavy atom. The first-order valence-electron chi connectivity index (χ1n) is 4.83. The van der Waals surface area contributed by atoms with Crippen molar-refractivity contribution in [1.29, 1.82) is 0 Å². The van der Waals surface area contributed by atoms with Crippen LogP contribution >= 0.6 is 0 Å². The molecule has 12 heavy (non-hydrogen) atoms. The van der Waals surface area contributed by atoms with Gasteiger partial charge in [0.2, 0.25) is 0 Å². The van der Waals surface area contributed by atoms with Gasteiger partial charge in [-0.15, -0.1) is 0 Å². The SMILES string of the molecule is OCCNCCC1CCOCC1. The molecule has 1 rings (SSSR count). The van der Waals surface area contributed by atoms with E-state index in [2.05, 4.69) is 5.32 Å². The zero-order valence-corrected chi connectivity index (χ0v) is 7.59. The maximum absolute atomic E-state index is 8.52. The molecule has 0 amide bonds. The minimum atomic E-state index is 0.244. The summed E-state index contributed by atoms with van der Waals surface area (Å²) in [6.45, 7) is 3.87. The van der Waals surface area contributed by atoms with E-state index < -0.39 is 0 Å². The molecule has 0 atom stereocenters. The predicted molar refractivity (Wildman–Crippen MR) is 48.1 cm³/mol. The Morgan fingerprint density at radius 1 is 1.25 bits per heavy atom. The van der Waals surface area contributed by atoms with E-state index in [1.54, 1.807) is 0 Å². The third-order valence-corrected chi connectivity index (χ3v) is 2.36. The van der Waals surface area contributed by atoms with Gasteiger partial charge in [-0.2, -0.15) is 0 Å². The van der Waals surface area contributed by atoms with Crippen molar-refractivity contribution in [2.75, 3.05) is 32.9 Å². The Bertz CT molecular complexity index is 103. The van der Waals surface area contributed by atoms with Crippen molar-refractivity contribution < 1.29 is 9.84 Å². The van der Waals surface area contributed by atoms with Gasteiger partial charge in [-0.1, -0.05) is 0 Å². The van der Waals surface area contributed by atoms with E-state index in [1.165, 1.54) is 19.3 Å². The van der Waals surface area contributed by atoms with Crippen LogP contribution in [0.4, 0.5) is 0 Å². The standard InChI is InChI=1S/C9H19NO2/c11-6-5-10-4-1-9-2-7-12-8-3-9/h9-11H,1-8H2. The van der Waals surface area contributed by atoms with Gasteiger partial charge in [-0.25, -0.2) is 0 Å². The molecular formula is C9H19NO2. The molecule has 0 bridgehead atoms. The van der Waals surface area contributed by atoms with Gasteiger partial charge in [0, 0.05) is 19.8 Å². The highest BCUT2D eigenvalue weighted by molar-refractivity contribution is 4.64. The summed E-state index contributed by atoms with van der Waals surface area (Å²) in [5.41, 5.74) is 0. The summed E-state index contributed by atoms with van der Waals surface area (Å²) in [4.78, 5) is 0. The van der Waals surface area contributed by atoms with Crippen molar-refractivity contribution in [3.05, 3.63) is 0 Å². The second-order valence-corrected chi connectivity index (χ2v) is 3.32. The van der Waals surface area contributed by atoms with Crippen LogP contribution in [0.5, 0.6) is 0 Å². The van der Waals surface area contributed by atoms with Crippen molar-refractivity contribution >= 4 is 0 Å². The van der Waals surface area contributed by atoms with Gasteiger partial charge in [0.1, 0.15) is 0 Å². The summed E-state index contributed by atoms with van der Waals surface area (Å²) >= 11 is 0. The van der Waals surface area contributed by atoms with E-state index in [0.29, 0.717) is 0 Å². The van der Waals surface area contributed by atoms with Crippen molar-refractivity contribution in [3.63, 3.8) is 0 Å². The van der Waals surface area contributed by atoms with E-state index in [1.807, 2.05) is 0 Å². The lowest BCUT2D eigenvalue weighted by atomic mass is 9.97. The van der Waals surface area contributed by atoms with Gasteiger partial charge >= 0.3 is 0 Å². The molecule has 1 aliphatic rings. The molecule has 0 spiro atoms.